The molecule has 5 heteroatoms. The summed E-state index contributed by atoms with van der Waals surface area (Å²) in [5, 5.41) is 8.10. The van der Waals surface area contributed by atoms with Crippen LogP contribution in [-0.4, -0.2) is 18.5 Å². The van der Waals surface area contributed by atoms with Crippen LogP contribution in [0.3, 0.4) is 0 Å². The quantitative estimate of drug-likeness (QED) is 0.766. The molecule has 0 heterocycles. The number of urea groups is 1. The summed E-state index contributed by atoms with van der Waals surface area (Å²) in [7, 11) is 0. The van der Waals surface area contributed by atoms with E-state index in [4.69, 9.17) is 0 Å². The highest BCUT2D eigenvalue weighted by Crippen LogP contribution is 2.10. The first-order valence-corrected chi connectivity index (χ1v) is 7.55. The minimum atomic E-state index is -0.364. The van der Waals surface area contributed by atoms with Gasteiger partial charge >= 0.3 is 6.03 Å². The molecule has 0 bridgehead atoms. The van der Waals surface area contributed by atoms with E-state index in [-0.39, 0.29) is 24.5 Å². The summed E-state index contributed by atoms with van der Waals surface area (Å²) < 4.78 is 0. The smallest absolute Gasteiger partial charge is 0.315 e. The molecule has 3 amide bonds. The molecule has 0 aromatic heterocycles. The lowest BCUT2D eigenvalue weighted by atomic mass is 10.1. The van der Waals surface area contributed by atoms with Crippen LogP contribution in [0.5, 0.6) is 0 Å². The van der Waals surface area contributed by atoms with Gasteiger partial charge in [0.05, 0.1) is 12.6 Å². The molecule has 2 rings (SSSR count). The Morgan fingerprint density at radius 2 is 1.52 bits per heavy atom. The van der Waals surface area contributed by atoms with Crippen molar-refractivity contribution in [1.29, 1.82) is 0 Å². The molecule has 3 N–H and O–H groups in total. The summed E-state index contributed by atoms with van der Waals surface area (Å²) in [6, 6.07) is 18.8. The van der Waals surface area contributed by atoms with Crippen LogP contribution in [0.2, 0.25) is 0 Å². The van der Waals surface area contributed by atoms with Crippen molar-refractivity contribution in [1.82, 2.24) is 16.0 Å². The number of rotatable bonds is 6. The van der Waals surface area contributed by atoms with Crippen LogP contribution in [-0.2, 0) is 11.3 Å². The molecule has 0 fully saturated rings. The van der Waals surface area contributed by atoms with Crippen LogP contribution in [0.25, 0.3) is 0 Å². The molecule has 0 aliphatic carbocycles. The summed E-state index contributed by atoms with van der Waals surface area (Å²) in [5.74, 6) is -0.226. The first kappa shape index (κ1) is 16.5. The standard InChI is InChI=1S/C18H21N3O2/c1-14(16-10-6-3-7-11-16)21-17(22)13-20-18(23)19-12-15-8-4-2-5-9-15/h2-11,14H,12-13H2,1H3,(H,21,22)(H2,19,20,23). The van der Waals surface area contributed by atoms with Crippen LogP contribution >= 0.6 is 0 Å². The van der Waals surface area contributed by atoms with E-state index in [9.17, 15) is 9.59 Å². The molecular formula is C18H21N3O2. The average molecular weight is 311 g/mol. The van der Waals surface area contributed by atoms with Gasteiger partial charge in [0, 0.05) is 6.54 Å². The number of carbonyl (C=O) groups excluding carboxylic acids is 2. The fraction of sp³-hybridized carbons (Fsp3) is 0.222. The van der Waals surface area contributed by atoms with Gasteiger partial charge in [0.25, 0.3) is 0 Å². The van der Waals surface area contributed by atoms with Gasteiger partial charge in [0.15, 0.2) is 0 Å². The molecule has 1 atom stereocenters. The van der Waals surface area contributed by atoms with Crippen molar-refractivity contribution < 1.29 is 9.59 Å². The van der Waals surface area contributed by atoms with Gasteiger partial charge in [-0.25, -0.2) is 4.79 Å². The number of carbonyl (C=O) groups is 2. The predicted octanol–water partition coefficient (Wildman–Crippen LogP) is 2.36. The fourth-order valence-corrected chi connectivity index (χ4v) is 2.12. The van der Waals surface area contributed by atoms with E-state index >= 15 is 0 Å². The third-order valence-electron chi connectivity index (χ3n) is 3.38. The van der Waals surface area contributed by atoms with Gasteiger partial charge in [-0.05, 0) is 18.1 Å². The Labute approximate surface area is 136 Å². The number of amides is 3. The van der Waals surface area contributed by atoms with E-state index in [1.54, 1.807) is 0 Å². The summed E-state index contributed by atoms with van der Waals surface area (Å²) >= 11 is 0. The molecule has 1 unspecified atom stereocenters. The second kappa shape index (κ2) is 8.58. The second-order valence-corrected chi connectivity index (χ2v) is 5.22. The lowest BCUT2D eigenvalue weighted by Crippen LogP contribution is -2.42. The number of benzene rings is 2. The van der Waals surface area contributed by atoms with Gasteiger partial charge in [0.2, 0.25) is 5.91 Å². The highest BCUT2D eigenvalue weighted by atomic mass is 16.2. The molecule has 5 nitrogen and oxygen atoms in total. The van der Waals surface area contributed by atoms with E-state index in [1.807, 2.05) is 67.6 Å². The maximum Gasteiger partial charge on any atom is 0.315 e. The third-order valence-corrected chi connectivity index (χ3v) is 3.38. The van der Waals surface area contributed by atoms with E-state index in [2.05, 4.69) is 16.0 Å². The van der Waals surface area contributed by atoms with E-state index in [0.29, 0.717) is 6.54 Å². The van der Waals surface area contributed by atoms with Gasteiger partial charge in [-0.2, -0.15) is 0 Å². The Hall–Kier alpha value is -2.82. The van der Waals surface area contributed by atoms with Crippen LogP contribution in [0.15, 0.2) is 60.7 Å². The summed E-state index contributed by atoms with van der Waals surface area (Å²) in [6.07, 6.45) is 0. The van der Waals surface area contributed by atoms with Crippen molar-refractivity contribution in [2.45, 2.75) is 19.5 Å². The van der Waals surface area contributed by atoms with Crippen LogP contribution in [0, 0.1) is 0 Å². The third kappa shape index (κ3) is 5.82. The van der Waals surface area contributed by atoms with Gasteiger partial charge in [-0.3, -0.25) is 4.79 Å². The zero-order chi connectivity index (χ0) is 16.5. The minimum Gasteiger partial charge on any atom is -0.348 e. The molecule has 0 aliphatic heterocycles. The van der Waals surface area contributed by atoms with E-state index < -0.39 is 0 Å². The molecule has 0 saturated carbocycles. The maximum atomic E-state index is 11.9. The van der Waals surface area contributed by atoms with Gasteiger partial charge in [-0.15, -0.1) is 0 Å². The molecule has 2 aromatic rings. The molecular weight excluding hydrogens is 290 g/mol. The van der Waals surface area contributed by atoms with Crippen LogP contribution < -0.4 is 16.0 Å². The highest BCUT2D eigenvalue weighted by Gasteiger charge is 2.10. The molecule has 0 spiro atoms. The van der Waals surface area contributed by atoms with Crippen molar-refractivity contribution in [2.75, 3.05) is 6.54 Å². The Bertz CT molecular complexity index is 629. The summed E-state index contributed by atoms with van der Waals surface area (Å²) in [6.45, 7) is 2.27. The molecule has 2 aromatic carbocycles. The van der Waals surface area contributed by atoms with Gasteiger partial charge in [0.1, 0.15) is 0 Å². The summed E-state index contributed by atoms with van der Waals surface area (Å²) in [5.41, 5.74) is 2.03. The lowest BCUT2D eigenvalue weighted by molar-refractivity contribution is -0.120. The highest BCUT2D eigenvalue weighted by molar-refractivity contribution is 5.84. The van der Waals surface area contributed by atoms with Crippen molar-refractivity contribution in [2.24, 2.45) is 0 Å². The Morgan fingerprint density at radius 1 is 0.913 bits per heavy atom. The monoisotopic (exact) mass is 311 g/mol. The maximum absolute atomic E-state index is 11.9. The van der Waals surface area contributed by atoms with E-state index in [1.165, 1.54) is 0 Å². The van der Waals surface area contributed by atoms with Crippen LogP contribution in [0.1, 0.15) is 24.1 Å². The second-order valence-electron chi connectivity index (χ2n) is 5.22. The van der Waals surface area contributed by atoms with Gasteiger partial charge < -0.3 is 16.0 Å². The number of hydrogen-bond acceptors (Lipinski definition) is 2. The van der Waals surface area contributed by atoms with E-state index in [0.717, 1.165) is 11.1 Å². The number of hydrogen-bond donors (Lipinski definition) is 3. The predicted molar refractivity (Wildman–Crippen MR) is 89.7 cm³/mol. The largest absolute Gasteiger partial charge is 0.348 e. The topological polar surface area (TPSA) is 70.2 Å². The zero-order valence-corrected chi connectivity index (χ0v) is 13.1. The van der Waals surface area contributed by atoms with Crippen LogP contribution in [0.4, 0.5) is 4.79 Å². The van der Waals surface area contributed by atoms with Crippen molar-refractivity contribution in [3.05, 3.63) is 71.8 Å². The lowest BCUT2D eigenvalue weighted by Gasteiger charge is -2.14. The Morgan fingerprint density at radius 3 is 2.17 bits per heavy atom. The first-order chi connectivity index (χ1) is 11.1. The first-order valence-electron chi connectivity index (χ1n) is 7.55. The van der Waals surface area contributed by atoms with Crippen molar-refractivity contribution in [3.8, 4) is 0 Å². The number of nitrogens with one attached hydrogen (secondary N) is 3. The van der Waals surface area contributed by atoms with Gasteiger partial charge in [-0.1, -0.05) is 60.7 Å². The average Bonchev–Trinajstić information content (AvgIpc) is 2.60. The van der Waals surface area contributed by atoms with Crippen molar-refractivity contribution in [3.63, 3.8) is 0 Å². The molecule has 0 radical (unpaired) electrons. The molecule has 0 aliphatic rings. The molecule has 0 saturated heterocycles. The Kier molecular flexibility index (Phi) is 6.17. The summed E-state index contributed by atoms with van der Waals surface area (Å²) in [4.78, 5) is 23.5. The SMILES string of the molecule is CC(NC(=O)CNC(=O)NCc1ccccc1)c1ccccc1. The van der Waals surface area contributed by atoms with Crippen molar-refractivity contribution >= 4 is 11.9 Å². The minimum absolute atomic E-state index is 0.0577. The molecule has 120 valence electrons. The zero-order valence-electron chi connectivity index (χ0n) is 13.1. The normalized spacial score (nSPS) is 11.3. The molecule has 23 heavy (non-hydrogen) atoms. The fourth-order valence-electron chi connectivity index (χ4n) is 2.12. The Balaban J connectivity index is 1.68.